The second-order valence-corrected chi connectivity index (χ2v) is 7.31. The number of aromatic nitrogens is 2. The fourth-order valence-corrected chi connectivity index (χ4v) is 3.95. The molecular weight excluding hydrogens is 361 g/mol. The first kappa shape index (κ1) is 18.7. The molecule has 2 saturated heterocycles. The van der Waals surface area contributed by atoms with E-state index in [-0.39, 0.29) is 5.91 Å². The number of halogens is 1. The smallest absolute Gasteiger partial charge is 0.247 e. The van der Waals surface area contributed by atoms with Crippen molar-refractivity contribution in [3.63, 3.8) is 0 Å². The maximum absolute atomic E-state index is 13.9. The fourth-order valence-electron chi connectivity index (χ4n) is 3.95. The number of imidazole rings is 1. The Kier molecular flexibility index (Phi) is 5.21. The molecule has 1 aromatic carbocycles. The molecule has 4 rings (SSSR count). The van der Waals surface area contributed by atoms with E-state index in [0.717, 1.165) is 48.7 Å². The summed E-state index contributed by atoms with van der Waals surface area (Å²) in [6.07, 6.45) is 1.87. The number of fused-ring (bicyclic) bond motifs is 1. The Balaban J connectivity index is 1.77. The predicted molar refractivity (Wildman–Crippen MR) is 109 cm³/mol. The van der Waals surface area contributed by atoms with Gasteiger partial charge in [-0.15, -0.1) is 0 Å². The van der Waals surface area contributed by atoms with E-state index in [9.17, 15) is 9.18 Å². The molecule has 2 fully saturated rings. The van der Waals surface area contributed by atoms with Crippen LogP contribution >= 0.6 is 0 Å². The van der Waals surface area contributed by atoms with Gasteiger partial charge in [0, 0.05) is 26.7 Å². The minimum absolute atomic E-state index is 0.263. The normalized spacial score (nSPS) is 20.4. The summed E-state index contributed by atoms with van der Waals surface area (Å²) in [5, 5.41) is 2.90. The molecule has 1 aromatic heterocycles. The third-order valence-electron chi connectivity index (χ3n) is 5.42. The van der Waals surface area contributed by atoms with Crippen LogP contribution in [0.4, 0.5) is 21.7 Å². The number of aryl methyl sites for hydroxylation is 1. The Morgan fingerprint density at radius 3 is 2.82 bits per heavy atom. The highest BCUT2D eigenvalue weighted by atomic mass is 19.1. The van der Waals surface area contributed by atoms with Gasteiger partial charge in [-0.05, 0) is 31.1 Å². The summed E-state index contributed by atoms with van der Waals surface area (Å²) >= 11 is 0. The fraction of sp³-hybridized carbons (Fsp3) is 0.500. The van der Waals surface area contributed by atoms with E-state index in [1.165, 1.54) is 6.08 Å². The van der Waals surface area contributed by atoms with Gasteiger partial charge in [-0.1, -0.05) is 6.58 Å². The van der Waals surface area contributed by atoms with E-state index in [0.29, 0.717) is 31.9 Å². The van der Waals surface area contributed by atoms with Gasteiger partial charge in [0.05, 0.1) is 42.2 Å². The lowest BCUT2D eigenvalue weighted by Gasteiger charge is -2.30. The van der Waals surface area contributed by atoms with Crippen LogP contribution in [0.25, 0.3) is 11.0 Å². The number of carbonyl (C=O) groups excluding carboxylic acids is 1. The number of alkyl halides is 1. The lowest BCUT2D eigenvalue weighted by molar-refractivity contribution is -0.111. The summed E-state index contributed by atoms with van der Waals surface area (Å²) in [7, 11) is 1.96. The second kappa shape index (κ2) is 7.79. The quantitative estimate of drug-likeness (QED) is 0.817. The molecule has 2 aliphatic heterocycles. The molecule has 8 heteroatoms. The van der Waals surface area contributed by atoms with Crippen molar-refractivity contribution in [1.82, 2.24) is 9.55 Å². The topological polar surface area (TPSA) is 62.6 Å². The Morgan fingerprint density at radius 2 is 2.11 bits per heavy atom. The number of rotatable bonds is 4. The third kappa shape index (κ3) is 3.56. The molecule has 28 heavy (non-hydrogen) atoms. The van der Waals surface area contributed by atoms with Gasteiger partial charge in [-0.2, -0.15) is 0 Å². The zero-order valence-corrected chi connectivity index (χ0v) is 16.2. The molecule has 1 atom stereocenters. The molecule has 0 bridgehead atoms. The summed E-state index contributed by atoms with van der Waals surface area (Å²) < 4.78 is 21.4. The van der Waals surface area contributed by atoms with Crippen molar-refractivity contribution in [3.05, 3.63) is 24.8 Å². The van der Waals surface area contributed by atoms with E-state index < -0.39 is 6.17 Å². The average molecular weight is 387 g/mol. The zero-order chi connectivity index (χ0) is 19.7. The Labute approximate surface area is 163 Å². The molecule has 2 aromatic rings. The first-order chi connectivity index (χ1) is 13.6. The number of hydrogen-bond acceptors (Lipinski definition) is 5. The van der Waals surface area contributed by atoms with Gasteiger partial charge in [0.25, 0.3) is 0 Å². The molecule has 1 N–H and O–H groups in total. The molecule has 0 aliphatic carbocycles. The van der Waals surface area contributed by atoms with E-state index in [1.807, 2.05) is 28.6 Å². The van der Waals surface area contributed by atoms with Crippen LogP contribution in [0.15, 0.2) is 24.8 Å². The van der Waals surface area contributed by atoms with Crippen molar-refractivity contribution in [3.8, 4) is 0 Å². The van der Waals surface area contributed by atoms with Crippen LogP contribution in [0.2, 0.25) is 0 Å². The summed E-state index contributed by atoms with van der Waals surface area (Å²) in [5.41, 5.74) is 3.36. The molecule has 3 heterocycles. The SMILES string of the molecule is C=CC(=O)Nc1cc2nc(N3CCCC(F)C3)n(C)c2cc1N1CCOCC1. The van der Waals surface area contributed by atoms with Crippen molar-refractivity contribution in [2.45, 2.75) is 19.0 Å². The molecule has 0 radical (unpaired) electrons. The monoisotopic (exact) mass is 387 g/mol. The third-order valence-corrected chi connectivity index (χ3v) is 5.42. The van der Waals surface area contributed by atoms with Gasteiger partial charge in [-0.25, -0.2) is 9.37 Å². The summed E-state index contributed by atoms with van der Waals surface area (Å²) in [6, 6.07) is 3.94. The number of nitrogens with one attached hydrogen (secondary N) is 1. The Hall–Kier alpha value is -2.61. The summed E-state index contributed by atoms with van der Waals surface area (Å²) in [6.45, 7) is 7.51. The van der Waals surface area contributed by atoms with Gasteiger partial charge < -0.3 is 24.4 Å². The number of hydrogen-bond donors (Lipinski definition) is 1. The zero-order valence-electron chi connectivity index (χ0n) is 16.2. The van der Waals surface area contributed by atoms with Crippen LogP contribution in [0.1, 0.15) is 12.8 Å². The molecule has 0 spiro atoms. The summed E-state index contributed by atoms with van der Waals surface area (Å²) in [5.74, 6) is 0.499. The van der Waals surface area contributed by atoms with Crippen molar-refractivity contribution in [1.29, 1.82) is 0 Å². The van der Waals surface area contributed by atoms with E-state index in [1.54, 1.807) is 0 Å². The van der Waals surface area contributed by atoms with Crippen LogP contribution in [0.3, 0.4) is 0 Å². The first-order valence-electron chi connectivity index (χ1n) is 9.72. The standard InChI is InChI=1S/C20H26FN5O2/c1-3-19(27)22-16-11-15-17(12-18(16)25-7-9-28-10-8-25)24(2)20(23-15)26-6-4-5-14(21)13-26/h3,11-12,14H,1,4-10,13H2,2H3,(H,22,27). The van der Waals surface area contributed by atoms with Crippen molar-refractivity contribution in [2.75, 3.05) is 54.5 Å². The van der Waals surface area contributed by atoms with Gasteiger partial charge in [-0.3, -0.25) is 4.79 Å². The van der Waals surface area contributed by atoms with Gasteiger partial charge in [0.1, 0.15) is 6.17 Å². The number of benzene rings is 1. The number of carbonyl (C=O) groups is 1. The highest BCUT2D eigenvalue weighted by Gasteiger charge is 2.25. The van der Waals surface area contributed by atoms with Crippen LogP contribution in [-0.4, -0.2) is 61.0 Å². The summed E-state index contributed by atoms with van der Waals surface area (Å²) in [4.78, 5) is 20.9. The van der Waals surface area contributed by atoms with E-state index >= 15 is 0 Å². The molecule has 150 valence electrons. The van der Waals surface area contributed by atoms with Gasteiger partial charge in [0.15, 0.2) is 0 Å². The number of amides is 1. The van der Waals surface area contributed by atoms with E-state index in [4.69, 9.17) is 9.72 Å². The molecule has 0 saturated carbocycles. The first-order valence-corrected chi connectivity index (χ1v) is 9.72. The lowest BCUT2D eigenvalue weighted by atomic mass is 10.1. The minimum atomic E-state index is -0.820. The maximum Gasteiger partial charge on any atom is 0.247 e. The second-order valence-electron chi connectivity index (χ2n) is 7.31. The average Bonchev–Trinajstić information content (AvgIpc) is 3.03. The Morgan fingerprint density at radius 1 is 1.32 bits per heavy atom. The van der Waals surface area contributed by atoms with Crippen LogP contribution in [0, 0.1) is 0 Å². The van der Waals surface area contributed by atoms with Crippen LogP contribution in [-0.2, 0) is 16.6 Å². The Bertz CT molecular complexity index is 890. The van der Waals surface area contributed by atoms with Gasteiger partial charge in [0.2, 0.25) is 11.9 Å². The van der Waals surface area contributed by atoms with Crippen molar-refractivity contribution in [2.24, 2.45) is 7.05 Å². The van der Waals surface area contributed by atoms with Crippen LogP contribution in [0.5, 0.6) is 0 Å². The maximum atomic E-state index is 13.9. The number of anilines is 3. The highest BCUT2D eigenvalue weighted by Crippen LogP contribution is 2.34. The van der Waals surface area contributed by atoms with Crippen molar-refractivity contribution < 1.29 is 13.9 Å². The molecular formula is C20H26FN5O2. The lowest BCUT2D eigenvalue weighted by Crippen LogP contribution is -2.37. The largest absolute Gasteiger partial charge is 0.378 e. The molecule has 7 nitrogen and oxygen atoms in total. The molecule has 1 amide bonds. The van der Waals surface area contributed by atoms with Crippen molar-refractivity contribution >= 4 is 34.3 Å². The number of ether oxygens (including phenoxy) is 1. The van der Waals surface area contributed by atoms with Crippen LogP contribution < -0.4 is 15.1 Å². The highest BCUT2D eigenvalue weighted by molar-refractivity contribution is 6.03. The molecule has 1 unspecified atom stereocenters. The number of morpholine rings is 1. The predicted octanol–water partition coefficient (Wildman–Crippen LogP) is 2.47. The minimum Gasteiger partial charge on any atom is -0.378 e. The number of nitrogens with zero attached hydrogens (tertiary/aromatic N) is 4. The van der Waals surface area contributed by atoms with E-state index in [2.05, 4.69) is 16.8 Å². The number of piperidine rings is 1. The van der Waals surface area contributed by atoms with Gasteiger partial charge >= 0.3 is 0 Å². The molecule has 2 aliphatic rings.